The van der Waals surface area contributed by atoms with Crippen molar-refractivity contribution < 1.29 is 9.53 Å². The highest BCUT2D eigenvalue weighted by Gasteiger charge is 2.49. The molecule has 1 aliphatic heterocycles. The molecule has 0 aromatic heterocycles. The number of nitrogens with zero attached hydrogens (tertiary/aromatic N) is 1. The van der Waals surface area contributed by atoms with Crippen LogP contribution in [-0.2, 0) is 10.3 Å². The summed E-state index contributed by atoms with van der Waals surface area (Å²) in [6, 6.07) is 20.2. The van der Waals surface area contributed by atoms with E-state index < -0.39 is 5.60 Å². The predicted molar refractivity (Wildman–Crippen MR) is 118 cm³/mol. The molecule has 1 N–H and O–H groups in total. The standard InChI is InChI=1S/C25H26N2O2/c1-16-14-18(26-3)10-12-21(16)25(22-13-11-19(27(4)5)15-17(22)2)23-9-7-6-8-20(23)24(28)29-25/h6-15,26H,1-5H3. The number of rotatable bonds is 4. The number of ether oxygens (including phenoxy) is 1. The van der Waals surface area contributed by atoms with Crippen LogP contribution in [0.4, 0.5) is 11.4 Å². The molecule has 1 atom stereocenters. The summed E-state index contributed by atoms with van der Waals surface area (Å²) >= 11 is 0. The lowest BCUT2D eigenvalue weighted by Crippen LogP contribution is -2.31. The van der Waals surface area contributed by atoms with Gasteiger partial charge in [0.05, 0.1) is 5.56 Å². The van der Waals surface area contributed by atoms with Gasteiger partial charge in [0.15, 0.2) is 5.60 Å². The van der Waals surface area contributed by atoms with Crippen molar-refractivity contribution in [1.29, 1.82) is 0 Å². The second-order valence-electron chi connectivity index (χ2n) is 7.79. The molecule has 0 aliphatic carbocycles. The van der Waals surface area contributed by atoms with Gasteiger partial charge < -0.3 is 15.0 Å². The van der Waals surface area contributed by atoms with E-state index in [0.717, 1.165) is 39.2 Å². The van der Waals surface area contributed by atoms with Gasteiger partial charge in [-0.2, -0.15) is 0 Å². The Kier molecular flexibility index (Phi) is 4.58. The van der Waals surface area contributed by atoms with Gasteiger partial charge in [-0.3, -0.25) is 0 Å². The van der Waals surface area contributed by atoms with Crippen LogP contribution in [0.5, 0.6) is 0 Å². The van der Waals surface area contributed by atoms with Crippen LogP contribution in [0.25, 0.3) is 0 Å². The van der Waals surface area contributed by atoms with E-state index in [1.165, 1.54) is 0 Å². The summed E-state index contributed by atoms with van der Waals surface area (Å²) in [5, 5.41) is 3.18. The minimum atomic E-state index is -0.959. The molecule has 0 radical (unpaired) electrons. The Morgan fingerprint density at radius 1 is 0.862 bits per heavy atom. The van der Waals surface area contributed by atoms with E-state index in [1.54, 1.807) is 0 Å². The lowest BCUT2D eigenvalue weighted by Gasteiger charge is -2.33. The van der Waals surface area contributed by atoms with Gasteiger partial charge in [-0.05, 0) is 55.3 Å². The molecule has 1 aliphatic rings. The summed E-state index contributed by atoms with van der Waals surface area (Å²) < 4.78 is 6.25. The largest absolute Gasteiger partial charge is 0.441 e. The van der Waals surface area contributed by atoms with Crippen LogP contribution < -0.4 is 10.2 Å². The topological polar surface area (TPSA) is 41.6 Å². The molecule has 1 unspecified atom stereocenters. The first-order chi connectivity index (χ1) is 13.9. The molecule has 4 heteroatoms. The summed E-state index contributed by atoms with van der Waals surface area (Å²) in [6.07, 6.45) is 0. The van der Waals surface area contributed by atoms with Crippen LogP contribution in [0.15, 0.2) is 60.7 Å². The molecule has 0 saturated carbocycles. The zero-order valence-electron chi connectivity index (χ0n) is 17.5. The van der Waals surface area contributed by atoms with E-state index in [0.29, 0.717) is 5.56 Å². The fourth-order valence-electron chi connectivity index (χ4n) is 4.30. The normalized spacial score (nSPS) is 17.6. The molecule has 0 amide bonds. The van der Waals surface area contributed by atoms with Gasteiger partial charge >= 0.3 is 5.97 Å². The summed E-state index contributed by atoms with van der Waals surface area (Å²) in [5.41, 5.74) is 6.82. The Labute approximate surface area is 172 Å². The molecule has 0 saturated heterocycles. The maximum absolute atomic E-state index is 12.9. The van der Waals surface area contributed by atoms with Crippen molar-refractivity contribution >= 4 is 17.3 Å². The van der Waals surface area contributed by atoms with Crippen LogP contribution in [0.3, 0.4) is 0 Å². The molecule has 3 aromatic rings. The highest BCUT2D eigenvalue weighted by molar-refractivity contribution is 5.96. The molecule has 4 rings (SSSR count). The minimum absolute atomic E-state index is 0.284. The van der Waals surface area contributed by atoms with Crippen LogP contribution in [0.2, 0.25) is 0 Å². The van der Waals surface area contributed by atoms with Crippen LogP contribution in [0.1, 0.15) is 38.2 Å². The number of hydrogen-bond donors (Lipinski definition) is 1. The zero-order chi connectivity index (χ0) is 20.8. The lowest BCUT2D eigenvalue weighted by molar-refractivity contribution is 0.0248. The van der Waals surface area contributed by atoms with Crippen LogP contribution in [-0.4, -0.2) is 27.1 Å². The van der Waals surface area contributed by atoms with Gasteiger partial charge in [0.1, 0.15) is 0 Å². The molecular weight excluding hydrogens is 360 g/mol. The predicted octanol–water partition coefficient (Wildman–Crippen LogP) is 4.87. The maximum Gasteiger partial charge on any atom is 0.340 e. The van der Waals surface area contributed by atoms with E-state index in [1.807, 2.05) is 51.5 Å². The number of carbonyl (C=O) groups is 1. The Morgan fingerprint density at radius 3 is 2.14 bits per heavy atom. The average molecular weight is 386 g/mol. The third-order valence-corrected chi connectivity index (χ3v) is 5.77. The number of hydrogen-bond acceptors (Lipinski definition) is 4. The minimum Gasteiger partial charge on any atom is -0.441 e. The third-order valence-electron chi connectivity index (χ3n) is 5.77. The molecule has 0 fully saturated rings. The molecule has 0 spiro atoms. The van der Waals surface area contributed by atoms with Crippen molar-refractivity contribution in [3.05, 3.63) is 94.0 Å². The highest BCUT2D eigenvalue weighted by Crippen LogP contribution is 2.49. The molecular formula is C25H26N2O2. The highest BCUT2D eigenvalue weighted by atomic mass is 16.6. The van der Waals surface area contributed by atoms with Crippen LogP contribution >= 0.6 is 0 Å². The van der Waals surface area contributed by atoms with Crippen molar-refractivity contribution in [2.45, 2.75) is 19.4 Å². The molecule has 29 heavy (non-hydrogen) atoms. The maximum atomic E-state index is 12.9. The second kappa shape index (κ2) is 6.96. The fourth-order valence-corrected chi connectivity index (χ4v) is 4.30. The lowest BCUT2D eigenvalue weighted by atomic mass is 9.76. The van der Waals surface area contributed by atoms with E-state index in [-0.39, 0.29) is 5.97 Å². The number of cyclic esters (lactones) is 1. The molecule has 3 aromatic carbocycles. The third kappa shape index (κ3) is 2.87. The first kappa shape index (κ1) is 19.1. The van der Waals surface area contributed by atoms with Gasteiger partial charge in [-0.1, -0.05) is 30.3 Å². The van der Waals surface area contributed by atoms with Crippen molar-refractivity contribution in [3.8, 4) is 0 Å². The number of aryl methyl sites for hydroxylation is 2. The van der Waals surface area contributed by atoms with Crippen LogP contribution in [0, 0.1) is 13.8 Å². The van der Waals surface area contributed by atoms with E-state index in [9.17, 15) is 4.79 Å². The van der Waals surface area contributed by atoms with Gasteiger partial charge in [0.2, 0.25) is 0 Å². The van der Waals surface area contributed by atoms with E-state index in [4.69, 9.17) is 4.74 Å². The summed E-state index contributed by atoms with van der Waals surface area (Å²) in [6.45, 7) is 4.15. The first-order valence-electron chi connectivity index (χ1n) is 9.78. The zero-order valence-corrected chi connectivity index (χ0v) is 17.5. The Hall–Kier alpha value is -3.27. The molecule has 1 heterocycles. The van der Waals surface area contributed by atoms with Gasteiger partial charge in [0, 0.05) is 49.2 Å². The molecule has 4 nitrogen and oxygen atoms in total. The Balaban J connectivity index is 2.04. The summed E-state index contributed by atoms with van der Waals surface area (Å²) in [4.78, 5) is 15.0. The summed E-state index contributed by atoms with van der Waals surface area (Å²) in [7, 11) is 5.95. The Bertz CT molecular complexity index is 1100. The number of benzene rings is 3. The number of nitrogens with one attached hydrogen (secondary N) is 1. The Morgan fingerprint density at radius 2 is 1.52 bits per heavy atom. The quantitative estimate of drug-likeness (QED) is 0.650. The van der Waals surface area contributed by atoms with Gasteiger partial charge in [-0.15, -0.1) is 0 Å². The monoisotopic (exact) mass is 386 g/mol. The summed E-state index contributed by atoms with van der Waals surface area (Å²) in [5.74, 6) is -0.284. The number of anilines is 2. The number of carbonyl (C=O) groups excluding carboxylic acids is 1. The van der Waals surface area contributed by atoms with Crippen molar-refractivity contribution in [2.24, 2.45) is 0 Å². The van der Waals surface area contributed by atoms with E-state index in [2.05, 4.69) is 54.4 Å². The number of esters is 1. The van der Waals surface area contributed by atoms with Gasteiger partial charge in [-0.25, -0.2) is 4.79 Å². The molecule has 0 bridgehead atoms. The van der Waals surface area contributed by atoms with Crippen molar-refractivity contribution in [3.63, 3.8) is 0 Å². The number of fused-ring (bicyclic) bond motifs is 1. The smallest absolute Gasteiger partial charge is 0.340 e. The SMILES string of the molecule is CNc1ccc(C2(c3ccc(N(C)C)cc3C)OC(=O)c3ccccc32)c(C)c1. The second-order valence-corrected chi connectivity index (χ2v) is 7.79. The van der Waals surface area contributed by atoms with Gasteiger partial charge in [0.25, 0.3) is 0 Å². The first-order valence-corrected chi connectivity index (χ1v) is 9.78. The van der Waals surface area contributed by atoms with Crippen molar-refractivity contribution in [2.75, 3.05) is 31.4 Å². The molecule has 148 valence electrons. The average Bonchev–Trinajstić information content (AvgIpc) is 3.01. The fraction of sp³-hybridized carbons (Fsp3) is 0.240. The van der Waals surface area contributed by atoms with E-state index >= 15 is 0 Å². The van der Waals surface area contributed by atoms with Crippen molar-refractivity contribution in [1.82, 2.24) is 0 Å².